The number of carbonyl (C=O) groups is 1. The standard InChI is InChI=1S/C18H20FN3O2/c19-13-5-3-4-12(8-13)16-9-14(23)10-22(16)18(24)15-11-21-7-2-1-6-17(21)20-15/h3-5,8,11,14,16,23H,1-2,6-7,9-10H2/t14-,16+/m1/s1. The second-order valence-electron chi connectivity index (χ2n) is 6.61. The number of aryl methyl sites for hydroxylation is 2. The van der Waals surface area contributed by atoms with E-state index in [0.29, 0.717) is 17.7 Å². The Balaban J connectivity index is 1.63. The number of amides is 1. The van der Waals surface area contributed by atoms with Crippen LogP contribution in [0.2, 0.25) is 0 Å². The van der Waals surface area contributed by atoms with Crippen LogP contribution in [0.15, 0.2) is 30.5 Å². The van der Waals surface area contributed by atoms with Gasteiger partial charge in [0.1, 0.15) is 17.3 Å². The van der Waals surface area contributed by atoms with E-state index in [1.54, 1.807) is 17.0 Å². The van der Waals surface area contributed by atoms with E-state index >= 15 is 0 Å². The molecule has 1 aromatic heterocycles. The molecular weight excluding hydrogens is 309 g/mol. The largest absolute Gasteiger partial charge is 0.391 e. The Hall–Kier alpha value is -2.21. The summed E-state index contributed by atoms with van der Waals surface area (Å²) < 4.78 is 15.6. The summed E-state index contributed by atoms with van der Waals surface area (Å²) in [5.41, 5.74) is 1.13. The number of carbonyl (C=O) groups excluding carboxylic acids is 1. The molecule has 6 heteroatoms. The first-order valence-corrected chi connectivity index (χ1v) is 8.42. The van der Waals surface area contributed by atoms with Crippen LogP contribution in [0.25, 0.3) is 0 Å². The highest BCUT2D eigenvalue weighted by Crippen LogP contribution is 2.33. The van der Waals surface area contributed by atoms with Crippen LogP contribution in [-0.4, -0.2) is 38.1 Å². The summed E-state index contributed by atoms with van der Waals surface area (Å²) in [4.78, 5) is 19.0. The molecular formula is C18H20FN3O2. The van der Waals surface area contributed by atoms with Gasteiger partial charge in [-0.1, -0.05) is 12.1 Å². The first-order chi connectivity index (χ1) is 11.6. The van der Waals surface area contributed by atoms with Gasteiger partial charge < -0.3 is 14.6 Å². The molecule has 1 aromatic carbocycles. The first-order valence-electron chi connectivity index (χ1n) is 8.42. The highest BCUT2D eigenvalue weighted by Gasteiger charge is 2.37. The second-order valence-corrected chi connectivity index (χ2v) is 6.61. The van der Waals surface area contributed by atoms with E-state index in [1.807, 2.05) is 10.8 Å². The number of benzene rings is 1. The SMILES string of the molecule is O=C(c1cn2c(n1)CCCC2)N1C[C@H](O)C[C@H]1c1cccc(F)c1. The Labute approximate surface area is 139 Å². The van der Waals surface area contributed by atoms with Crippen LogP contribution in [0.1, 0.15) is 47.2 Å². The van der Waals surface area contributed by atoms with Gasteiger partial charge in [0.05, 0.1) is 12.1 Å². The summed E-state index contributed by atoms with van der Waals surface area (Å²) in [6.07, 6.45) is 4.72. The molecule has 0 saturated carbocycles. The maximum absolute atomic E-state index is 13.5. The van der Waals surface area contributed by atoms with Crippen molar-refractivity contribution in [1.82, 2.24) is 14.5 Å². The minimum atomic E-state index is -0.598. The van der Waals surface area contributed by atoms with E-state index < -0.39 is 6.10 Å². The zero-order valence-electron chi connectivity index (χ0n) is 13.4. The molecule has 24 heavy (non-hydrogen) atoms. The highest BCUT2D eigenvalue weighted by molar-refractivity contribution is 5.92. The molecule has 2 aliphatic heterocycles. The molecule has 1 fully saturated rings. The Morgan fingerprint density at radius 1 is 1.33 bits per heavy atom. The van der Waals surface area contributed by atoms with Gasteiger partial charge in [0.15, 0.2) is 0 Å². The smallest absolute Gasteiger partial charge is 0.274 e. The van der Waals surface area contributed by atoms with Gasteiger partial charge in [0.25, 0.3) is 5.91 Å². The average molecular weight is 329 g/mol. The molecule has 1 N–H and O–H groups in total. The molecule has 2 aromatic rings. The van der Waals surface area contributed by atoms with E-state index in [4.69, 9.17) is 0 Å². The summed E-state index contributed by atoms with van der Waals surface area (Å²) in [5, 5.41) is 10.0. The fraction of sp³-hybridized carbons (Fsp3) is 0.444. The van der Waals surface area contributed by atoms with E-state index in [0.717, 1.165) is 31.6 Å². The highest BCUT2D eigenvalue weighted by atomic mass is 19.1. The number of hydrogen-bond acceptors (Lipinski definition) is 3. The van der Waals surface area contributed by atoms with E-state index in [9.17, 15) is 14.3 Å². The minimum Gasteiger partial charge on any atom is -0.391 e. The van der Waals surface area contributed by atoms with Crippen LogP contribution >= 0.6 is 0 Å². The molecule has 1 saturated heterocycles. The van der Waals surface area contributed by atoms with Crippen molar-refractivity contribution in [1.29, 1.82) is 0 Å². The number of imidazole rings is 1. The number of aliphatic hydroxyl groups is 1. The van der Waals surface area contributed by atoms with Gasteiger partial charge in [-0.25, -0.2) is 9.37 Å². The van der Waals surface area contributed by atoms with Crippen LogP contribution in [0.5, 0.6) is 0 Å². The van der Waals surface area contributed by atoms with Crippen LogP contribution in [0.4, 0.5) is 4.39 Å². The molecule has 126 valence electrons. The zero-order chi connectivity index (χ0) is 16.7. The summed E-state index contributed by atoms with van der Waals surface area (Å²) in [7, 11) is 0. The van der Waals surface area contributed by atoms with Crippen LogP contribution < -0.4 is 0 Å². The van der Waals surface area contributed by atoms with Crippen LogP contribution in [0, 0.1) is 5.82 Å². The van der Waals surface area contributed by atoms with E-state index in [2.05, 4.69) is 4.98 Å². The topological polar surface area (TPSA) is 58.4 Å². The third-order valence-corrected chi connectivity index (χ3v) is 4.90. The third-order valence-electron chi connectivity index (χ3n) is 4.90. The lowest BCUT2D eigenvalue weighted by atomic mass is 10.0. The molecule has 1 amide bonds. The van der Waals surface area contributed by atoms with Crippen molar-refractivity contribution in [2.24, 2.45) is 0 Å². The number of aliphatic hydroxyl groups excluding tert-OH is 1. The number of fused-ring (bicyclic) bond motifs is 1. The molecule has 0 radical (unpaired) electrons. The number of aromatic nitrogens is 2. The Kier molecular flexibility index (Phi) is 3.84. The van der Waals surface area contributed by atoms with Crippen molar-refractivity contribution in [3.8, 4) is 0 Å². The van der Waals surface area contributed by atoms with Gasteiger partial charge in [-0.15, -0.1) is 0 Å². The summed E-state index contributed by atoms with van der Waals surface area (Å²) >= 11 is 0. The molecule has 2 aliphatic rings. The quantitative estimate of drug-likeness (QED) is 0.920. The van der Waals surface area contributed by atoms with Crippen molar-refractivity contribution in [2.45, 2.75) is 44.4 Å². The zero-order valence-corrected chi connectivity index (χ0v) is 13.4. The monoisotopic (exact) mass is 329 g/mol. The van der Waals surface area contributed by atoms with Gasteiger partial charge in [-0.2, -0.15) is 0 Å². The van der Waals surface area contributed by atoms with Crippen LogP contribution in [0.3, 0.4) is 0 Å². The molecule has 0 unspecified atom stereocenters. The maximum atomic E-state index is 13.5. The van der Waals surface area contributed by atoms with Gasteiger partial charge >= 0.3 is 0 Å². The van der Waals surface area contributed by atoms with Crippen LogP contribution in [-0.2, 0) is 13.0 Å². The normalized spacial score (nSPS) is 23.3. The van der Waals surface area contributed by atoms with Crippen molar-refractivity contribution < 1.29 is 14.3 Å². The molecule has 2 atom stereocenters. The Bertz CT molecular complexity index is 750. The predicted octanol–water partition coefficient (Wildman–Crippen LogP) is 2.31. The predicted molar refractivity (Wildman–Crippen MR) is 86.0 cm³/mol. The average Bonchev–Trinajstić information content (AvgIpc) is 3.17. The molecule has 0 bridgehead atoms. The van der Waals surface area contributed by atoms with Crippen molar-refractivity contribution in [2.75, 3.05) is 6.54 Å². The fourth-order valence-electron chi connectivity index (χ4n) is 3.73. The third kappa shape index (κ3) is 2.71. The first kappa shape index (κ1) is 15.3. The van der Waals surface area contributed by atoms with Gasteiger partial charge in [-0.05, 0) is 37.0 Å². The lowest BCUT2D eigenvalue weighted by Crippen LogP contribution is -2.32. The van der Waals surface area contributed by atoms with E-state index in [1.165, 1.54) is 12.1 Å². The lowest BCUT2D eigenvalue weighted by Gasteiger charge is -2.24. The van der Waals surface area contributed by atoms with Crippen molar-refractivity contribution in [3.05, 3.63) is 53.4 Å². The molecule has 4 rings (SSSR count). The van der Waals surface area contributed by atoms with Crippen molar-refractivity contribution >= 4 is 5.91 Å². The lowest BCUT2D eigenvalue weighted by molar-refractivity contribution is 0.0710. The number of likely N-dealkylation sites (tertiary alicyclic amines) is 1. The minimum absolute atomic E-state index is 0.192. The Morgan fingerprint density at radius 3 is 3.00 bits per heavy atom. The van der Waals surface area contributed by atoms with Gasteiger partial charge in [0.2, 0.25) is 0 Å². The van der Waals surface area contributed by atoms with Crippen molar-refractivity contribution in [3.63, 3.8) is 0 Å². The molecule has 5 nitrogen and oxygen atoms in total. The number of nitrogens with zero attached hydrogens (tertiary/aromatic N) is 3. The van der Waals surface area contributed by atoms with Gasteiger partial charge in [-0.3, -0.25) is 4.79 Å². The summed E-state index contributed by atoms with van der Waals surface area (Å²) in [6, 6.07) is 5.92. The number of β-amino-alcohol motifs (C(OH)–C–C–N with tert-alkyl or cyclic N) is 1. The summed E-state index contributed by atoms with van der Waals surface area (Å²) in [5.74, 6) is 0.424. The number of rotatable bonds is 2. The molecule has 3 heterocycles. The number of halogens is 1. The maximum Gasteiger partial charge on any atom is 0.274 e. The van der Waals surface area contributed by atoms with Gasteiger partial charge in [0, 0.05) is 25.7 Å². The molecule has 0 aliphatic carbocycles. The second kappa shape index (κ2) is 6.02. The fourth-order valence-corrected chi connectivity index (χ4v) is 3.73. The summed E-state index contributed by atoms with van der Waals surface area (Å²) in [6.45, 7) is 1.15. The Morgan fingerprint density at radius 2 is 2.21 bits per heavy atom. The number of hydrogen-bond donors (Lipinski definition) is 1. The van der Waals surface area contributed by atoms with E-state index in [-0.39, 0.29) is 24.3 Å². The molecule has 0 spiro atoms.